The second-order valence-corrected chi connectivity index (χ2v) is 5.91. The van der Waals surface area contributed by atoms with E-state index in [2.05, 4.69) is 10.6 Å². The number of rotatable bonds is 9. The van der Waals surface area contributed by atoms with E-state index in [-0.39, 0.29) is 24.4 Å². The summed E-state index contributed by atoms with van der Waals surface area (Å²) in [7, 11) is 0. The van der Waals surface area contributed by atoms with Gasteiger partial charge in [-0.15, -0.1) is 0 Å². The summed E-state index contributed by atoms with van der Waals surface area (Å²) in [6.07, 6.45) is 0. The number of benzene rings is 2. The monoisotopic (exact) mass is 370 g/mol. The van der Waals surface area contributed by atoms with E-state index in [4.69, 9.17) is 9.47 Å². The van der Waals surface area contributed by atoms with E-state index in [1.165, 1.54) is 0 Å². The highest BCUT2D eigenvalue weighted by molar-refractivity contribution is 5.97. The molecule has 1 unspecified atom stereocenters. The van der Waals surface area contributed by atoms with Gasteiger partial charge < -0.3 is 20.1 Å². The van der Waals surface area contributed by atoms with Crippen molar-refractivity contribution in [2.24, 2.45) is 0 Å². The van der Waals surface area contributed by atoms with Gasteiger partial charge in [0, 0.05) is 5.56 Å². The average Bonchev–Trinajstić information content (AvgIpc) is 2.68. The van der Waals surface area contributed by atoms with Gasteiger partial charge in [-0.3, -0.25) is 9.59 Å². The molecule has 1 atom stereocenters. The van der Waals surface area contributed by atoms with Crippen LogP contribution in [0.25, 0.3) is 0 Å². The zero-order valence-corrected chi connectivity index (χ0v) is 16.0. The highest BCUT2D eigenvalue weighted by Gasteiger charge is 2.14. The van der Waals surface area contributed by atoms with E-state index in [0.717, 1.165) is 5.56 Å². The lowest BCUT2D eigenvalue weighted by Gasteiger charge is -2.15. The first-order valence-electron chi connectivity index (χ1n) is 9.07. The van der Waals surface area contributed by atoms with Gasteiger partial charge in [-0.1, -0.05) is 30.3 Å². The lowest BCUT2D eigenvalue weighted by Crippen LogP contribution is -2.38. The van der Waals surface area contributed by atoms with Crippen molar-refractivity contribution >= 4 is 11.8 Å². The second kappa shape index (κ2) is 10.2. The van der Waals surface area contributed by atoms with Crippen molar-refractivity contribution in [3.8, 4) is 11.5 Å². The van der Waals surface area contributed by atoms with Gasteiger partial charge in [-0.2, -0.15) is 0 Å². The van der Waals surface area contributed by atoms with Crippen LogP contribution in [0.2, 0.25) is 0 Å². The molecule has 144 valence electrons. The second-order valence-electron chi connectivity index (χ2n) is 5.91. The maximum atomic E-state index is 12.3. The van der Waals surface area contributed by atoms with Crippen molar-refractivity contribution in [2.75, 3.05) is 19.8 Å². The van der Waals surface area contributed by atoms with E-state index in [9.17, 15) is 9.59 Å². The number of ether oxygens (including phenoxy) is 2. The SMILES string of the molecule is CCOc1ccc(C(=O)NCC(=O)NC(C)c2ccccc2)cc1OCC. The molecule has 0 aliphatic carbocycles. The zero-order chi connectivity index (χ0) is 19.6. The van der Waals surface area contributed by atoms with Gasteiger partial charge in [-0.05, 0) is 44.5 Å². The lowest BCUT2D eigenvalue weighted by atomic mass is 10.1. The maximum absolute atomic E-state index is 12.3. The Bertz CT molecular complexity index is 762. The maximum Gasteiger partial charge on any atom is 0.251 e. The topological polar surface area (TPSA) is 76.7 Å². The van der Waals surface area contributed by atoms with Crippen LogP contribution in [-0.4, -0.2) is 31.6 Å². The van der Waals surface area contributed by atoms with Gasteiger partial charge >= 0.3 is 0 Å². The van der Waals surface area contributed by atoms with Crippen molar-refractivity contribution in [1.29, 1.82) is 0 Å². The lowest BCUT2D eigenvalue weighted by molar-refractivity contribution is -0.120. The van der Waals surface area contributed by atoms with E-state index in [0.29, 0.717) is 30.3 Å². The molecule has 0 radical (unpaired) electrons. The van der Waals surface area contributed by atoms with Gasteiger partial charge in [0.05, 0.1) is 25.8 Å². The van der Waals surface area contributed by atoms with Crippen LogP contribution >= 0.6 is 0 Å². The Labute approximate surface area is 159 Å². The molecule has 2 aromatic rings. The van der Waals surface area contributed by atoms with Crippen LogP contribution in [0.3, 0.4) is 0 Å². The molecule has 27 heavy (non-hydrogen) atoms. The molecule has 0 aliphatic heterocycles. The van der Waals surface area contributed by atoms with Gasteiger partial charge in [-0.25, -0.2) is 0 Å². The standard InChI is InChI=1S/C21H26N2O4/c1-4-26-18-12-11-17(13-19(18)27-5-2)21(25)22-14-20(24)23-15(3)16-9-7-6-8-10-16/h6-13,15H,4-5,14H2,1-3H3,(H,22,25)(H,23,24). The Balaban J connectivity index is 1.92. The van der Waals surface area contributed by atoms with Crippen LogP contribution < -0.4 is 20.1 Å². The quantitative estimate of drug-likeness (QED) is 0.711. The van der Waals surface area contributed by atoms with Crippen LogP contribution in [0.1, 0.15) is 42.7 Å². The number of hydrogen-bond donors (Lipinski definition) is 2. The summed E-state index contributed by atoms with van der Waals surface area (Å²) < 4.78 is 11.0. The van der Waals surface area contributed by atoms with E-state index >= 15 is 0 Å². The van der Waals surface area contributed by atoms with Crippen molar-refractivity contribution in [3.63, 3.8) is 0 Å². The fourth-order valence-corrected chi connectivity index (χ4v) is 2.57. The molecule has 2 N–H and O–H groups in total. The third-order valence-electron chi connectivity index (χ3n) is 3.89. The number of amides is 2. The fraction of sp³-hybridized carbons (Fsp3) is 0.333. The van der Waals surface area contributed by atoms with Gasteiger partial charge in [0.2, 0.25) is 5.91 Å². The van der Waals surface area contributed by atoms with Gasteiger partial charge in [0.15, 0.2) is 11.5 Å². The number of carbonyl (C=O) groups excluding carboxylic acids is 2. The van der Waals surface area contributed by atoms with Crippen LogP contribution in [0, 0.1) is 0 Å². The van der Waals surface area contributed by atoms with Crippen LogP contribution in [0.4, 0.5) is 0 Å². The molecular formula is C21H26N2O4. The average molecular weight is 370 g/mol. The van der Waals surface area contributed by atoms with Crippen LogP contribution in [-0.2, 0) is 4.79 Å². The molecule has 0 saturated heterocycles. The smallest absolute Gasteiger partial charge is 0.251 e. The third kappa shape index (κ3) is 6.02. The first kappa shape index (κ1) is 20.3. The molecular weight excluding hydrogens is 344 g/mol. The Morgan fingerprint density at radius 1 is 0.963 bits per heavy atom. The molecule has 2 aromatic carbocycles. The largest absolute Gasteiger partial charge is 0.490 e. The minimum atomic E-state index is -0.346. The summed E-state index contributed by atoms with van der Waals surface area (Å²) in [5.74, 6) is 0.497. The van der Waals surface area contributed by atoms with E-state index in [1.54, 1.807) is 18.2 Å². The highest BCUT2D eigenvalue weighted by atomic mass is 16.5. The summed E-state index contributed by atoms with van der Waals surface area (Å²) in [6, 6.07) is 14.5. The Kier molecular flexibility index (Phi) is 7.67. The van der Waals surface area contributed by atoms with Crippen LogP contribution in [0.15, 0.2) is 48.5 Å². The number of hydrogen-bond acceptors (Lipinski definition) is 4. The summed E-state index contributed by atoms with van der Waals surface area (Å²) in [5, 5.41) is 5.49. The summed E-state index contributed by atoms with van der Waals surface area (Å²) in [6.45, 7) is 6.51. The first-order valence-corrected chi connectivity index (χ1v) is 9.07. The Hall–Kier alpha value is -3.02. The predicted molar refractivity (Wildman–Crippen MR) is 104 cm³/mol. The molecule has 0 aliphatic rings. The van der Waals surface area contributed by atoms with E-state index < -0.39 is 0 Å². The van der Waals surface area contributed by atoms with E-state index in [1.807, 2.05) is 51.1 Å². The number of nitrogens with one attached hydrogen (secondary N) is 2. The molecule has 6 heteroatoms. The van der Waals surface area contributed by atoms with Crippen molar-refractivity contribution < 1.29 is 19.1 Å². The summed E-state index contributed by atoms with van der Waals surface area (Å²) in [5.41, 5.74) is 1.41. The Morgan fingerprint density at radius 2 is 1.63 bits per heavy atom. The molecule has 0 spiro atoms. The number of carbonyl (C=O) groups is 2. The highest BCUT2D eigenvalue weighted by Crippen LogP contribution is 2.28. The zero-order valence-electron chi connectivity index (χ0n) is 16.0. The molecule has 0 saturated carbocycles. The molecule has 2 rings (SSSR count). The summed E-state index contributed by atoms with van der Waals surface area (Å²) >= 11 is 0. The van der Waals surface area contributed by atoms with Crippen molar-refractivity contribution in [1.82, 2.24) is 10.6 Å². The third-order valence-corrected chi connectivity index (χ3v) is 3.89. The van der Waals surface area contributed by atoms with Crippen LogP contribution in [0.5, 0.6) is 11.5 Å². The molecule has 0 aromatic heterocycles. The molecule has 0 bridgehead atoms. The molecule has 6 nitrogen and oxygen atoms in total. The van der Waals surface area contributed by atoms with Crippen molar-refractivity contribution in [3.05, 3.63) is 59.7 Å². The van der Waals surface area contributed by atoms with Gasteiger partial charge in [0.25, 0.3) is 5.91 Å². The molecule has 2 amide bonds. The fourth-order valence-electron chi connectivity index (χ4n) is 2.57. The molecule has 0 heterocycles. The minimum absolute atomic E-state index is 0.104. The normalized spacial score (nSPS) is 11.4. The summed E-state index contributed by atoms with van der Waals surface area (Å²) in [4.78, 5) is 24.4. The molecule has 0 fully saturated rings. The Morgan fingerprint density at radius 3 is 2.30 bits per heavy atom. The van der Waals surface area contributed by atoms with Gasteiger partial charge in [0.1, 0.15) is 0 Å². The predicted octanol–water partition coefficient (Wildman–Crippen LogP) is 3.09. The van der Waals surface area contributed by atoms with Crippen molar-refractivity contribution in [2.45, 2.75) is 26.8 Å². The first-order chi connectivity index (χ1) is 13.0. The minimum Gasteiger partial charge on any atom is -0.490 e.